The molecule has 2 heteroatoms. The molecule has 1 aliphatic rings. The highest BCUT2D eigenvalue weighted by Crippen LogP contribution is 2.47. The van der Waals surface area contributed by atoms with Crippen molar-refractivity contribution in [3.63, 3.8) is 0 Å². The summed E-state index contributed by atoms with van der Waals surface area (Å²) in [6.07, 6.45) is 43.0. The van der Waals surface area contributed by atoms with E-state index in [9.17, 15) is 0 Å². The van der Waals surface area contributed by atoms with E-state index < -0.39 is 0 Å². The van der Waals surface area contributed by atoms with Gasteiger partial charge in [0.25, 0.3) is 0 Å². The molecule has 0 heterocycles. The summed E-state index contributed by atoms with van der Waals surface area (Å²) in [4.78, 5) is 0. The van der Waals surface area contributed by atoms with Crippen molar-refractivity contribution < 1.29 is 9.47 Å². The van der Waals surface area contributed by atoms with Crippen LogP contribution in [0.2, 0.25) is 0 Å². The SMILES string of the molecule is C=COCCCCCCCCC1CCC(CCCCCC)C(CCCCCCCC)C1CCCCCCCCOC=C. The molecule has 0 radical (unpaired) electrons. The molecule has 0 aromatic rings. The van der Waals surface area contributed by atoms with Gasteiger partial charge in [0.15, 0.2) is 0 Å². The van der Waals surface area contributed by atoms with Gasteiger partial charge >= 0.3 is 0 Å². The van der Waals surface area contributed by atoms with E-state index >= 15 is 0 Å². The molecule has 0 saturated heterocycles. The highest BCUT2D eigenvalue weighted by molar-refractivity contribution is 4.88. The summed E-state index contributed by atoms with van der Waals surface area (Å²) >= 11 is 0. The van der Waals surface area contributed by atoms with Crippen LogP contribution in [0.3, 0.4) is 0 Å². The molecule has 1 rings (SSSR count). The number of hydrogen-bond donors (Lipinski definition) is 0. The van der Waals surface area contributed by atoms with E-state index in [1.807, 2.05) is 0 Å². The minimum atomic E-state index is 0.844. The molecule has 1 aliphatic carbocycles. The normalized spacial score (nSPS) is 20.4. The van der Waals surface area contributed by atoms with Crippen molar-refractivity contribution in [2.45, 2.75) is 194 Å². The van der Waals surface area contributed by atoms with Gasteiger partial charge in [0.1, 0.15) is 0 Å². The van der Waals surface area contributed by atoms with E-state index in [0.717, 1.165) is 36.9 Å². The summed E-state index contributed by atoms with van der Waals surface area (Å²) in [6, 6.07) is 0. The molecule has 248 valence electrons. The zero-order chi connectivity index (χ0) is 30.4. The maximum atomic E-state index is 5.30. The first kappa shape index (κ1) is 39.1. The number of ether oxygens (including phenoxy) is 2. The summed E-state index contributed by atoms with van der Waals surface area (Å²) in [5, 5.41) is 0. The Bertz CT molecular complexity index is 572. The second kappa shape index (κ2) is 30.1. The lowest BCUT2D eigenvalue weighted by Crippen LogP contribution is -2.35. The third-order valence-electron chi connectivity index (χ3n) is 10.4. The molecule has 42 heavy (non-hydrogen) atoms. The molecular weight excluding hydrogens is 512 g/mol. The average molecular weight is 589 g/mol. The molecule has 2 nitrogen and oxygen atoms in total. The summed E-state index contributed by atoms with van der Waals surface area (Å²) in [6.45, 7) is 13.7. The van der Waals surface area contributed by atoms with Crippen LogP contribution >= 0.6 is 0 Å². The van der Waals surface area contributed by atoms with Crippen molar-refractivity contribution in [2.75, 3.05) is 13.2 Å². The first-order valence-electron chi connectivity index (χ1n) is 19.2. The number of rotatable bonds is 32. The van der Waals surface area contributed by atoms with Gasteiger partial charge in [-0.15, -0.1) is 0 Å². The van der Waals surface area contributed by atoms with Crippen LogP contribution < -0.4 is 0 Å². The molecule has 4 atom stereocenters. The summed E-state index contributed by atoms with van der Waals surface area (Å²) < 4.78 is 10.6. The fraction of sp³-hybridized carbons (Fsp3) is 0.900. The van der Waals surface area contributed by atoms with E-state index in [4.69, 9.17) is 9.47 Å². The van der Waals surface area contributed by atoms with E-state index in [1.165, 1.54) is 180 Å². The fourth-order valence-electron chi connectivity index (χ4n) is 7.90. The Morgan fingerprint density at radius 3 is 1.12 bits per heavy atom. The van der Waals surface area contributed by atoms with Gasteiger partial charge < -0.3 is 9.47 Å². The lowest BCUT2D eigenvalue weighted by atomic mass is 9.61. The molecule has 0 bridgehead atoms. The van der Waals surface area contributed by atoms with Crippen LogP contribution in [0.4, 0.5) is 0 Å². The first-order chi connectivity index (χ1) is 20.8. The zero-order valence-corrected chi connectivity index (χ0v) is 28.9. The lowest BCUT2D eigenvalue weighted by molar-refractivity contribution is 0.0581. The average Bonchev–Trinajstić information content (AvgIpc) is 3.00. The lowest BCUT2D eigenvalue weighted by Gasteiger charge is -2.44. The molecule has 4 unspecified atom stereocenters. The van der Waals surface area contributed by atoms with Crippen LogP contribution in [0, 0.1) is 23.7 Å². The topological polar surface area (TPSA) is 18.5 Å². The molecule has 0 N–H and O–H groups in total. The van der Waals surface area contributed by atoms with E-state index in [1.54, 1.807) is 12.5 Å². The fourth-order valence-corrected chi connectivity index (χ4v) is 7.90. The van der Waals surface area contributed by atoms with Gasteiger partial charge in [-0.05, 0) is 62.2 Å². The second-order valence-electron chi connectivity index (χ2n) is 13.7. The van der Waals surface area contributed by atoms with Crippen LogP contribution in [0.15, 0.2) is 25.7 Å². The van der Waals surface area contributed by atoms with Gasteiger partial charge in [-0.3, -0.25) is 0 Å². The van der Waals surface area contributed by atoms with Gasteiger partial charge in [0.2, 0.25) is 0 Å². The van der Waals surface area contributed by atoms with E-state index in [0.29, 0.717) is 0 Å². The predicted octanol–water partition coefficient (Wildman–Crippen LogP) is 13.7. The third kappa shape index (κ3) is 20.9. The van der Waals surface area contributed by atoms with Crippen molar-refractivity contribution in [3.05, 3.63) is 25.7 Å². The van der Waals surface area contributed by atoms with Crippen LogP contribution in [0.1, 0.15) is 194 Å². The Balaban J connectivity index is 2.66. The minimum absolute atomic E-state index is 0.844. The van der Waals surface area contributed by atoms with Crippen molar-refractivity contribution in [3.8, 4) is 0 Å². The maximum absolute atomic E-state index is 5.30. The zero-order valence-electron chi connectivity index (χ0n) is 28.9. The molecule has 0 spiro atoms. The van der Waals surface area contributed by atoms with Gasteiger partial charge in [0, 0.05) is 0 Å². The monoisotopic (exact) mass is 589 g/mol. The largest absolute Gasteiger partial charge is 0.502 e. The smallest absolute Gasteiger partial charge is 0.0873 e. The summed E-state index contributed by atoms with van der Waals surface area (Å²) in [5.41, 5.74) is 0. The summed E-state index contributed by atoms with van der Waals surface area (Å²) in [5.74, 6) is 4.03. The van der Waals surface area contributed by atoms with Gasteiger partial charge in [0.05, 0.1) is 25.7 Å². The highest BCUT2D eigenvalue weighted by atomic mass is 16.5. The van der Waals surface area contributed by atoms with E-state index in [-0.39, 0.29) is 0 Å². The quantitative estimate of drug-likeness (QED) is 0.0575. The number of unbranched alkanes of at least 4 members (excludes halogenated alkanes) is 18. The molecular formula is C40H76O2. The van der Waals surface area contributed by atoms with E-state index in [2.05, 4.69) is 27.0 Å². The van der Waals surface area contributed by atoms with Crippen molar-refractivity contribution in [2.24, 2.45) is 23.7 Å². The molecule has 0 aromatic heterocycles. The standard InChI is InChI=1S/C40H76O2/c1-5-9-11-13-19-25-31-39-37(29-23-12-10-6-2)33-34-38(30-24-18-14-16-21-27-35-41-7-3)40(39)32-26-20-15-17-22-28-36-42-8-4/h7-8,37-40H,3-6,9-36H2,1-2H3. The maximum Gasteiger partial charge on any atom is 0.0873 e. The predicted molar refractivity (Wildman–Crippen MR) is 187 cm³/mol. The van der Waals surface area contributed by atoms with Crippen LogP contribution in [0.25, 0.3) is 0 Å². The van der Waals surface area contributed by atoms with Gasteiger partial charge in [-0.1, -0.05) is 168 Å². The Labute approximate surface area is 265 Å². The molecule has 0 amide bonds. The molecule has 1 saturated carbocycles. The van der Waals surface area contributed by atoms with Crippen LogP contribution in [0.5, 0.6) is 0 Å². The van der Waals surface area contributed by atoms with Crippen molar-refractivity contribution in [1.29, 1.82) is 0 Å². The third-order valence-corrected chi connectivity index (χ3v) is 10.4. The van der Waals surface area contributed by atoms with Crippen LogP contribution in [-0.4, -0.2) is 13.2 Å². The Morgan fingerprint density at radius 1 is 0.429 bits per heavy atom. The van der Waals surface area contributed by atoms with Crippen LogP contribution in [-0.2, 0) is 9.47 Å². The number of hydrogen-bond acceptors (Lipinski definition) is 2. The summed E-state index contributed by atoms with van der Waals surface area (Å²) in [7, 11) is 0. The Hall–Kier alpha value is -0.920. The van der Waals surface area contributed by atoms with Crippen molar-refractivity contribution >= 4 is 0 Å². The van der Waals surface area contributed by atoms with Gasteiger partial charge in [-0.25, -0.2) is 0 Å². The molecule has 0 aliphatic heterocycles. The Kier molecular flexibility index (Phi) is 28.0. The molecule has 0 aromatic carbocycles. The first-order valence-corrected chi connectivity index (χ1v) is 19.2. The minimum Gasteiger partial charge on any atom is -0.502 e. The van der Waals surface area contributed by atoms with Gasteiger partial charge in [-0.2, -0.15) is 0 Å². The molecule has 1 fully saturated rings. The second-order valence-corrected chi connectivity index (χ2v) is 13.7. The Morgan fingerprint density at radius 2 is 0.738 bits per heavy atom. The highest BCUT2D eigenvalue weighted by Gasteiger charge is 2.37. The van der Waals surface area contributed by atoms with Crippen molar-refractivity contribution in [1.82, 2.24) is 0 Å².